The van der Waals surface area contributed by atoms with Crippen LogP contribution < -0.4 is 24.8 Å². The molecule has 1 heterocycles. The standard InChI is InChI=1S/C21H25.C13H10.C10H9O.2ClH.Zr/c1-20(2,3)16-7-9-18-14(12-16)11-15-13-17(21(4,5)6)8-10-19(15)18;1-3-7-12(8-4-1)11-13-9-5-2-6-10-13;1-8-2-3-9(6-8)10-4-5-11-7-10;;;/h7-13H,1-6H3;1-10H;2-5,7-8H,1H3;2*1H;/q-1;;-1;;;+2/p-2. The summed E-state index contributed by atoms with van der Waals surface area (Å²) >= 11 is 1.46. The summed E-state index contributed by atoms with van der Waals surface area (Å²) in [5.74, 6) is 0.444. The Hall–Kier alpha value is -3.16. The molecule has 0 bridgehead atoms. The molecular weight excluding hydrogens is 707 g/mol. The molecule has 0 aliphatic heterocycles. The molecule has 48 heavy (non-hydrogen) atoms. The molecule has 1 aromatic heterocycles. The van der Waals surface area contributed by atoms with Crippen LogP contribution in [0.3, 0.4) is 0 Å². The van der Waals surface area contributed by atoms with E-state index in [1.807, 2.05) is 6.07 Å². The zero-order valence-corrected chi connectivity index (χ0v) is 32.9. The van der Waals surface area contributed by atoms with Crippen LogP contribution in [-0.2, 0) is 35.1 Å². The molecule has 1 unspecified atom stereocenters. The summed E-state index contributed by atoms with van der Waals surface area (Å²) in [6, 6.07) is 39.2. The molecule has 0 amide bonds. The van der Waals surface area contributed by atoms with Gasteiger partial charge in [0.05, 0.1) is 6.26 Å². The summed E-state index contributed by atoms with van der Waals surface area (Å²) < 4.78 is 6.38. The van der Waals surface area contributed by atoms with Gasteiger partial charge in [-0.3, -0.25) is 0 Å². The van der Waals surface area contributed by atoms with Crippen LogP contribution in [0.1, 0.15) is 76.3 Å². The van der Waals surface area contributed by atoms with Crippen molar-refractivity contribution < 1.29 is 53.5 Å². The first-order valence-corrected chi connectivity index (χ1v) is 17.3. The Morgan fingerprint density at radius 3 is 1.54 bits per heavy atom. The number of benzene rings is 4. The van der Waals surface area contributed by atoms with Gasteiger partial charge in [0, 0.05) is 6.26 Å². The van der Waals surface area contributed by atoms with Gasteiger partial charge in [0.1, 0.15) is 0 Å². The molecule has 7 rings (SSSR count). The van der Waals surface area contributed by atoms with E-state index >= 15 is 0 Å². The predicted octanol–water partition coefficient (Wildman–Crippen LogP) is 5.79. The number of hydrogen-bond donors (Lipinski definition) is 0. The second-order valence-electron chi connectivity index (χ2n) is 14.1. The second-order valence-corrected chi connectivity index (χ2v) is 15.3. The molecule has 0 spiro atoms. The fraction of sp³-hybridized carbons (Fsp3) is 0.227. The second kappa shape index (κ2) is 17.0. The van der Waals surface area contributed by atoms with Crippen LogP contribution in [0.15, 0.2) is 138 Å². The average Bonchev–Trinajstić information content (AvgIpc) is 3.81. The number of fused-ring (bicyclic) bond motifs is 3. The molecule has 1 atom stereocenters. The molecule has 0 radical (unpaired) electrons. The van der Waals surface area contributed by atoms with E-state index in [0.717, 1.165) is 11.1 Å². The van der Waals surface area contributed by atoms with E-state index in [1.165, 1.54) is 71.2 Å². The SMILES string of the molecule is CC(C)(C)c1ccc2c(c1)[cH-]c1cc(C(C)(C)C)ccc12.CC1[C-]=C(c2ccoc2)C=C1.[Cl-].[Cl-].[Zr+2]=[C](c1ccccc1)c1ccccc1. The van der Waals surface area contributed by atoms with Gasteiger partial charge in [-0.15, -0.1) is 45.8 Å². The Labute approximate surface area is 314 Å². The third-order valence-corrected chi connectivity index (χ3v) is 9.75. The van der Waals surface area contributed by atoms with E-state index in [-0.39, 0.29) is 35.6 Å². The van der Waals surface area contributed by atoms with Gasteiger partial charge in [0.25, 0.3) is 0 Å². The molecule has 4 heteroatoms. The van der Waals surface area contributed by atoms with Gasteiger partial charge in [-0.25, -0.2) is 0 Å². The van der Waals surface area contributed by atoms with Crippen LogP contribution in [-0.4, -0.2) is 3.21 Å². The summed E-state index contributed by atoms with van der Waals surface area (Å²) in [5, 5.41) is 5.48. The Morgan fingerprint density at radius 2 is 1.17 bits per heavy atom. The molecule has 5 aromatic carbocycles. The van der Waals surface area contributed by atoms with Crippen LogP contribution in [0.4, 0.5) is 0 Å². The van der Waals surface area contributed by atoms with Crippen LogP contribution in [0, 0.1) is 12.0 Å². The molecule has 0 saturated carbocycles. The van der Waals surface area contributed by atoms with E-state index in [0.29, 0.717) is 5.92 Å². The molecule has 0 saturated heterocycles. The summed E-state index contributed by atoms with van der Waals surface area (Å²) in [7, 11) is 0. The first-order chi connectivity index (χ1) is 21.9. The first kappa shape index (κ1) is 39.3. The topological polar surface area (TPSA) is 13.1 Å². The monoisotopic (exact) mass is 748 g/mol. The number of furan rings is 1. The van der Waals surface area contributed by atoms with Crippen LogP contribution in [0.5, 0.6) is 0 Å². The van der Waals surface area contributed by atoms with Crippen molar-refractivity contribution in [1.29, 1.82) is 0 Å². The minimum absolute atomic E-state index is 0. The molecule has 0 N–H and O–H groups in total. The van der Waals surface area contributed by atoms with E-state index < -0.39 is 0 Å². The molecule has 0 fully saturated rings. The van der Waals surface area contributed by atoms with Gasteiger partial charge >= 0.3 is 99.2 Å². The summed E-state index contributed by atoms with van der Waals surface area (Å²) in [6.45, 7) is 15.7. The number of halogens is 2. The van der Waals surface area contributed by atoms with E-state index in [9.17, 15) is 0 Å². The Bertz CT molecular complexity index is 1860. The van der Waals surface area contributed by atoms with Gasteiger partial charge in [-0.05, 0) is 10.8 Å². The van der Waals surface area contributed by atoms with Crippen molar-refractivity contribution in [3.63, 3.8) is 0 Å². The van der Waals surface area contributed by atoms with Crippen molar-refractivity contribution in [2.75, 3.05) is 0 Å². The van der Waals surface area contributed by atoms with Gasteiger partial charge in [0.15, 0.2) is 0 Å². The van der Waals surface area contributed by atoms with Gasteiger partial charge in [-0.2, -0.15) is 17.7 Å². The molecule has 1 aliphatic carbocycles. The Balaban J connectivity index is 0.000000202. The minimum atomic E-state index is 0. The Kier molecular flexibility index (Phi) is 13.9. The van der Waals surface area contributed by atoms with Crippen molar-refractivity contribution in [2.45, 2.75) is 59.3 Å². The summed E-state index contributed by atoms with van der Waals surface area (Å²) in [6.07, 6.45) is 10.9. The fourth-order valence-electron chi connectivity index (χ4n) is 5.51. The van der Waals surface area contributed by atoms with Crippen molar-refractivity contribution in [3.8, 4) is 0 Å². The summed E-state index contributed by atoms with van der Waals surface area (Å²) in [5.41, 5.74) is 8.14. The predicted molar refractivity (Wildman–Crippen MR) is 194 cm³/mol. The molecular formula is C44H44Cl2OZr-2. The maximum atomic E-state index is 4.97. The van der Waals surface area contributed by atoms with Crippen LogP contribution in [0.2, 0.25) is 0 Å². The fourth-order valence-corrected chi connectivity index (χ4v) is 6.33. The number of hydrogen-bond acceptors (Lipinski definition) is 1. The molecule has 1 nitrogen and oxygen atoms in total. The summed E-state index contributed by atoms with van der Waals surface area (Å²) in [4.78, 5) is 0. The normalized spacial score (nSPS) is 13.8. The van der Waals surface area contributed by atoms with Gasteiger partial charge in [-0.1, -0.05) is 101 Å². The zero-order valence-electron chi connectivity index (χ0n) is 28.9. The van der Waals surface area contributed by atoms with E-state index in [2.05, 4.69) is 170 Å². The first-order valence-electron chi connectivity index (χ1n) is 16.1. The number of allylic oxidation sites excluding steroid dienone is 4. The third kappa shape index (κ3) is 9.95. The maximum absolute atomic E-state index is 4.97. The van der Waals surface area contributed by atoms with E-state index in [1.54, 1.807) is 12.5 Å². The van der Waals surface area contributed by atoms with Crippen molar-refractivity contribution in [3.05, 3.63) is 168 Å². The van der Waals surface area contributed by atoms with Crippen molar-refractivity contribution >= 4 is 30.3 Å². The van der Waals surface area contributed by atoms with Crippen LogP contribution >= 0.6 is 0 Å². The molecule has 6 aromatic rings. The average molecular weight is 751 g/mol. The third-order valence-electron chi connectivity index (χ3n) is 8.33. The molecule has 1 aliphatic rings. The van der Waals surface area contributed by atoms with Crippen LogP contribution in [0.25, 0.3) is 27.1 Å². The molecule has 246 valence electrons. The Morgan fingerprint density at radius 1 is 0.688 bits per heavy atom. The quantitative estimate of drug-likeness (QED) is 0.209. The van der Waals surface area contributed by atoms with E-state index in [4.69, 9.17) is 4.42 Å². The number of rotatable bonds is 3. The van der Waals surface area contributed by atoms with Crippen molar-refractivity contribution in [1.82, 2.24) is 0 Å². The van der Waals surface area contributed by atoms with Crippen molar-refractivity contribution in [2.24, 2.45) is 5.92 Å². The van der Waals surface area contributed by atoms with Gasteiger partial charge < -0.3 is 29.2 Å². The zero-order chi connectivity index (χ0) is 32.9. The van der Waals surface area contributed by atoms with Gasteiger partial charge in [0.2, 0.25) is 0 Å².